The number of piperazine rings is 1. The van der Waals surface area contributed by atoms with Crippen LogP contribution in [0.25, 0.3) is 10.9 Å². The number of methoxy groups -OCH3 is 1. The van der Waals surface area contributed by atoms with E-state index >= 15 is 0 Å². The molecule has 2 aromatic heterocycles. The van der Waals surface area contributed by atoms with E-state index < -0.39 is 0 Å². The van der Waals surface area contributed by atoms with Crippen LogP contribution in [0, 0.1) is 0 Å². The predicted molar refractivity (Wildman–Crippen MR) is 121 cm³/mol. The minimum atomic E-state index is -0.0112. The summed E-state index contributed by atoms with van der Waals surface area (Å²) in [5, 5.41) is 5.24. The normalized spacial score (nSPS) is 17.3. The van der Waals surface area contributed by atoms with Gasteiger partial charge in [-0.2, -0.15) is 5.10 Å². The number of fused-ring (bicyclic) bond motifs is 2. The number of aryl methyl sites for hydroxylation is 1. The molecule has 164 valence electrons. The third-order valence-corrected chi connectivity index (χ3v) is 6.55. The van der Waals surface area contributed by atoms with E-state index in [4.69, 9.17) is 4.74 Å². The number of benzene rings is 1. The Morgan fingerprint density at radius 3 is 2.81 bits per heavy atom. The van der Waals surface area contributed by atoms with Crippen molar-refractivity contribution in [1.29, 1.82) is 0 Å². The van der Waals surface area contributed by atoms with Crippen molar-refractivity contribution in [3.8, 4) is 0 Å². The van der Waals surface area contributed by atoms with E-state index in [0.29, 0.717) is 18.5 Å². The van der Waals surface area contributed by atoms with Crippen molar-refractivity contribution >= 4 is 16.6 Å². The van der Waals surface area contributed by atoms with Crippen molar-refractivity contribution in [2.75, 3.05) is 44.8 Å². The topological polar surface area (TPSA) is 68.4 Å². The van der Waals surface area contributed by atoms with Gasteiger partial charge in [0, 0.05) is 63.3 Å². The largest absolute Gasteiger partial charge is 0.383 e. The molecule has 0 amide bonds. The van der Waals surface area contributed by atoms with Crippen LogP contribution in [0.3, 0.4) is 0 Å². The highest BCUT2D eigenvalue weighted by Gasteiger charge is 2.21. The van der Waals surface area contributed by atoms with Crippen molar-refractivity contribution < 1.29 is 4.74 Å². The number of rotatable bonds is 6. The van der Waals surface area contributed by atoms with Gasteiger partial charge in [0.25, 0.3) is 5.56 Å². The molecule has 1 aromatic carbocycles. The molecule has 0 saturated carbocycles. The van der Waals surface area contributed by atoms with E-state index in [2.05, 4.69) is 36.8 Å². The third-order valence-electron chi connectivity index (χ3n) is 6.55. The maximum absolute atomic E-state index is 12.7. The summed E-state index contributed by atoms with van der Waals surface area (Å²) >= 11 is 0. The van der Waals surface area contributed by atoms with Gasteiger partial charge < -0.3 is 9.64 Å². The van der Waals surface area contributed by atoms with Gasteiger partial charge >= 0.3 is 0 Å². The molecule has 8 heteroatoms. The van der Waals surface area contributed by atoms with Crippen LogP contribution in [-0.4, -0.2) is 64.1 Å². The second kappa shape index (κ2) is 8.80. The monoisotopic (exact) mass is 422 g/mol. The van der Waals surface area contributed by atoms with Crippen molar-refractivity contribution in [3.05, 3.63) is 52.3 Å². The maximum atomic E-state index is 12.7. The van der Waals surface area contributed by atoms with Crippen LogP contribution in [0.15, 0.2) is 35.5 Å². The van der Waals surface area contributed by atoms with Crippen molar-refractivity contribution in [1.82, 2.24) is 24.2 Å². The van der Waals surface area contributed by atoms with E-state index in [9.17, 15) is 4.79 Å². The zero-order chi connectivity index (χ0) is 21.2. The maximum Gasteiger partial charge on any atom is 0.261 e. The molecular formula is C23H30N6O2. The molecule has 5 rings (SSSR count). The summed E-state index contributed by atoms with van der Waals surface area (Å²) < 4.78 is 8.88. The number of ether oxygens (including phenoxy) is 1. The van der Waals surface area contributed by atoms with Gasteiger partial charge in [0.05, 0.1) is 36.6 Å². The second-order valence-electron chi connectivity index (χ2n) is 8.50. The Morgan fingerprint density at radius 1 is 1.10 bits per heavy atom. The fourth-order valence-electron chi connectivity index (χ4n) is 4.72. The molecular weight excluding hydrogens is 392 g/mol. The molecule has 2 aliphatic heterocycles. The molecule has 0 N–H and O–H groups in total. The van der Waals surface area contributed by atoms with Crippen LogP contribution >= 0.6 is 0 Å². The van der Waals surface area contributed by atoms with E-state index in [1.54, 1.807) is 18.0 Å². The molecule has 4 heterocycles. The molecule has 0 unspecified atom stereocenters. The number of nitrogens with zero attached hydrogens (tertiary/aromatic N) is 6. The van der Waals surface area contributed by atoms with Crippen LogP contribution in [0.1, 0.15) is 24.1 Å². The van der Waals surface area contributed by atoms with Crippen LogP contribution in [-0.2, 0) is 30.8 Å². The average Bonchev–Trinajstić information content (AvgIpc) is 3.22. The Bertz CT molecular complexity index is 1110. The minimum absolute atomic E-state index is 0.0112. The molecule has 1 fully saturated rings. The van der Waals surface area contributed by atoms with Gasteiger partial charge in [-0.25, -0.2) is 4.98 Å². The van der Waals surface area contributed by atoms with Crippen LogP contribution in [0.4, 0.5) is 5.69 Å². The van der Waals surface area contributed by atoms with Crippen molar-refractivity contribution in [3.63, 3.8) is 0 Å². The number of hydrogen-bond donors (Lipinski definition) is 0. The quantitative estimate of drug-likeness (QED) is 0.604. The van der Waals surface area contributed by atoms with E-state index in [1.165, 1.54) is 24.1 Å². The molecule has 31 heavy (non-hydrogen) atoms. The molecule has 8 nitrogen and oxygen atoms in total. The number of hydrogen-bond acceptors (Lipinski definition) is 6. The highest BCUT2D eigenvalue weighted by atomic mass is 16.5. The minimum Gasteiger partial charge on any atom is -0.383 e. The molecule has 0 bridgehead atoms. The molecule has 0 radical (unpaired) electrons. The lowest BCUT2D eigenvalue weighted by atomic mass is 10.1. The van der Waals surface area contributed by atoms with E-state index in [0.717, 1.165) is 56.9 Å². The highest BCUT2D eigenvalue weighted by molar-refractivity contribution is 5.81. The SMILES string of the molecule is COCCn1cnc2cc(N3CCN(Cc4cnn5c4CCCC5)CC3)ccc2c1=O. The first kappa shape index (κ1) is 20.2. The smallest absolute Gasteiger partial charge is 0.261 e. The molecule has 0 spiro atoms. The Morgan fingerprint density at radius 2 is 1.97 bits per heavy atom. The fourth-order valence-corrected chi connectivity index (χ4v) is 4.72. The Labute approximate surface area is 182 Å². The van der Waals surface area contributed by atoms with Crippen LogP contribution in [0.5, 0.6) is 0 Å². The lowest BCUT2D eigenvalue weighted by molar-refractivity contribution is 0.186. The predicted octanol–water partition coefficient (Wildman–Crippen LogP) is 1.90. The lowest BCUT2D eigenvalue weighted by Crippen LogP contribution is -2.46. The number of anilines is 1. The molecule has 0 atom stereocenters. The summed E-state index contributed by atoms with van der Waals surface area (Å²) in [5.74, 6) is 0. The summed E-state index contributed by atoms with van der Waals surface area (Å²) in [6.45, 7) is 7.06. The van der Waals surface area contributed by atoms with Gasteiger partial charge in [-0.15, -0.1) is 0 Å². The summed E-state index contributed by atoms with van der Waals surface area (Å²) in [6.07, 6.45) is 7.38. The second-order valence-corrected chi connectivity index (χ2v) is 8.50. The Balaban J connectivity index is 1.25. The summed E-state index contributed by atoms with van der Waals surface area (Å²) in [7, 11) is 1.63. The van der Waals surface area contributed by atoms with Gasteiger partial charge in [-0.3, -0.25) is 18.9 Å². The molecule has 3 aromatic rings. The van der Waals surface area contributed by atoms with Crippen molar-refractivity contribution in [2.24, 2.45) is 0 Å². The Hall–Kier alpha value is -2.71. The van der Waals surface area contributed by atoms with Crippen molar-refractivity contribution in [2.45, 2.75) is 38.9 Å². The summed E-state index contributed by atoms with van der Waals surface area (Å²) in [4.78, 5) is 22.1. The van der Waals surface area contributed by atoms with Gasteiger partial charge in [-0.1, -0.05) is 0 Å². The first-order valence-corrected chi connectivity index (χ1v) is 11.2. The first-order valence-electron chi connectivity index (χ1n) is 11.2. The van der Waals surface area contributed by atoms with E-state index in [1.807, 2.05) is 12.1 Å². The number of aromatic nitrogens is 4. The summed E-state index contributed by atoms with van der Waals surface area (Å²) in [5.41, 5.74) is 4.71. The standard InChI is InChI=1S/C23H30N6O2/c1-31-13-12-28-17-24-21-14-19(5-6-20(21)23(28)30)27-10-8-26(9-11-27)16-18-15-25-29-7-3-2-4-22(18)29/h5-6,14-15,17H,2-4,7-13,16H2,1H3. The summed E-state index contributed by atoms with van der Waals surface area (Å²) in [6, 6.07) is 6.01. The first-order chi connectivity index (χ1) is 15.2. The van der Waals surface area contributed by atoms with Gasteiger partial charge in [0.1, 0.15) is 0 Å². The zero-order valence-electron chi connectivity index (χ0n) is 18.2. The van der Waals surface area contributed by atoms with Gasteiger partial charge in [0.2, 0.25) is 0 Å². The van der Waals surface area contributed by atoms with Gasteiger partial charge in [-0.05, 0) is 37.5 Å². The average molecular weight is 423 g/mol. The lowest BCUT2D eigenvalue weighted by Gasteiger charge is -2.36. The molecule has 2 aliphatic rings. The van der Waals surface area contributed by atoms with E-state index in [-0.39, 0.29) is 5.56 Å². The van der Waals surface area contributed by atoms with Gasteiger partial charge in [0.15, 0.2) is 0 Å². The molecule has 0 aliphatic carbocycles. The third kappa shape index (κ3) is 4.09. The Kier molecular flexibility index (Phi) is 5.74. The fraction of sp³-hybridized carbons (Fsp3) is 0.522. The zero-order valence-corrected chi connectivity index (χ0v) is 18.2. The highest BCUT2D eigenvalue weighted by Crippen LogP contribution is 2.23. The molecule has 1 saturated heterocycles. The van der Waals surface area contributed by atoms with Crippen LogP contribution < -0.4 is 10.5 Å². The van der Waals surface area contributed by atoms with Crippen LogP contribution in [0.2, 0.25) is 0 Å².